The molecule has 1 saturated heterocycles. The van der Waals surface area contributed by atoms with Crippen LogP contribution in [0.4, 0.5) is 5.13 Å². The zero-order valence-electron chi connectivity index (χ0n) is 16.7. The Labute approximate surface area is 209 Å². The fourth-order valence-electron chi connectivity index (χ4n) is 3.07. The molecular formula is C16H16ClN7O5S4. The van der Waals surface area contributed by atoms with Gasteiger partial charge in [0.05, 0.1) is 0 Å². The average Bonchev–Trinajstić information content (AvgIpc) is 3.45. The minimum absolute atomic E-state index is 0. The molecule has 4 heterocycles. The second-order valence-corrected chi connectivity index (χ2v) is 10.4. The highest BCUT2D eigenvalue weighted by Gasteiger charge is 2.54. The molecule has 2 aliphatic rings. The number of aromatic nitrogens is 3. The summed E-state index contributed by atoms with van der Waals surface area (Å²) in [4.78, 5) is 47.5. The number of nitrogens with two attached hydrogens (primary N) is 1. The number of anilines is 1. The van der Waals surface area contributed by atoms with E-state index in [0.29, 0.717) is 21.4 Å². The molecule has 33 heavy (non-hydrogen) atoms. The molecule has 12 nitrogen and oxygen atoms in total. The van der Waals surface area contributed by atoms with E-state index in [2.05, 4.69) is 25.7 Å². The molecule has 2 aliphatic heterocycles. The number of fused-ring (bicyclic) bond motifs is 1. The topological polar surface area (TPSA) is 173 Å². The van der Waals surface area contributed by atoms with E-state index in [1.165, 1.54) is 46.9 Å². The van der Waals surface area contributed by atoms with Crippen LogP contribution in [0.3, 0.4) is 0 Å². The fourth-order valence-corrected chi connectivity index (χ4v) is 6.59. The molecule has 17 heteroatoms. The summed E-state index contributed by atoms with van der Waals surface area (Å²) in [6.07, 6.45) is 0. The standard InChI is InChI=1S/C16H15N7O5S4.ClH/c1-28-22-8(7-4-30-15(17)19-7)11(24)20-9-12(25)23-10(14(26)27)6(2-29-13(9)23)3-31-16-21-18-5-32-16;/h4-5,9,13H,2-3H2,1H3,(H2,17,19)(H,20,24)(H,26,27);1H/t9?,13-;/m0./s1. The second-order valence-electron chi connectivity index (χ2n) is 6.31. The number of thioether (sulfide) groups is 2. The van der Waals surface area contributed by atoms with Crippen LogP contribution in [0.5, 0.6) is 0 Å². The number of nitrogens with zero attached hydrogens (tertiary/aromatic N) is 5. The third-order valence-electron chi connectivity index (χ3n) is 4.41. The number of halogens is 1. The number of nitrogen functional groups attached to an aromatic ring is 1. The van der Waals surface area contributed by atoms with Crippen LogP contribution in [0, 0.1) is 0 Å². The molecule has 2 amide bonds. The molecule has 0 saturated carbocycles. The van der Waals surface area contributed by atoms with E-state index < -0.39 is 29.2 Å². The van der Waals surface area contributed by atoms with Gasteiger partial charge in [0.2, 0.25) is 0 Å². The Balaban J connectivity index is 0.00000306. The molecule has 0 radical (unpaired) electrons. The molecule has 2 aromatic rings. The fraction of sp³-hybridized carbons (Fsp3) is 0.312. The van der Waals surface area contributed by atoms with Gasteiger partial charge in [-0.25, -0.2) is 9.78 Å². The van der Waals surface area contributed by atoms with Crippen molar-refractivity contribution in [1.29, 1.82) is 0 Å². The smallest absolute Gasteiger partial charge is 0.352 e. The number of carbonyl (C=O) groups excluding carboxylic acids is 2. The van der Waals surface area contributed by atoms with Crippen molar-refractivity contribution in [2.24, 2.45) is 5.16 Å². The number of carboxylic acid groups (broad SMARTS) is 1. The SMILES string of the molecule is CON=C(C(=O)NC1C(=O)N2C(C(=O)O)=C(CSc3nncs3)CS[C@@H]12)c1csc(N)n1.Cl. The maximum absolute atomic E-state index is 12.8. The quantitative estimate of drug-likeness (QED) is 0.184. The molecule has 0 bridgehead atoms. The number of amides is 2. The summed E-state index contributed by atoms with van der Waals surface area (Å²) in [5.74, 6) is -1.61. The van der Waals surface area contributed by atoms with Gasteiger partial charge >= 0.3 is 5.97 Å². The van der Waals surface area contributed by atoms with E-state index in [0.717, 1.165) is 11.3 Å². The molecule has 2 aromatic heterocycles. The van der Waals surface area contributed by atoms with Gasteiger partial charge in [0.15, 0.2) is 15.2 Å². The van der Waals surface area contributed by atoms with Gasteiger partial charge in [-0.2, -0.15) is 0 Å². The van der Waals surface area contributed by atoms with Crippen molar-refractivity contribution in [3.63, 3.8) is 0 Å². The minimum atomic E-state index is -1.19. The maximum Gasteiger partial charge on any atom is 0.352 e. The molecule has 4 rings (SSSR count). The highest BCUT2D eigenvalue weighted by Crippen LogP contribution is 2.41. The van der Waals surface area contributed by atoms with Gasteiger partial charge in [-0.05, 0) is 5.57 Å². The Morgan fingerprint density at radius 3 is 2.85 bits per heavy atom. The zero-order chi connectivity index (χ0) is 22.8. The van der Waals surface area contributed by atoms with Crippen molar-refractivity contribution < 1.29 is 24.3 Å². The van der Waals surface area contributed by atoms with Crippen molar-refractivity contribution >= 4 is 87.2 Å². The molecule has 4 N–H and O–H groups in total. The molecule has 1 fully saturated rings. The first-order chi connectivity index (χ1) is 15.4. The van der Waals surface area contributed by atoms with Crippen LogP contribution in [0.25, 0.3) is 0 Å². The maximum atomic E-state index is 12.8. The van der Waals surface area contributed by atoms with E-state index in [9.17, 15) is 19.5 Å². The normalized spacial score (nSPS) is 20.0. The van der Waals surface area contributed by atoms with E-state index in [1.54, 1.807) is 10.9 Å². The first-order valence-corrected chi connectivity index (χ1v) is 12.6. The van der Waals surface area contributed by atoms with E-state index in [4.69, 9.17) is 10.6 Å². The number of aliphatic carboxylic acids is 1. The predicted octanol–water partition coefficient (Wildman–Crippen LogP) is 0.880. The Morgan fingerprint density at radius 2 is 2.24 bits per heavy atom. The van der Waals surface area contributed by atoms with Crippen LogP contribution in [-0.4, -0.2) is 78.7 Å². The van der Waals surface area contributed by atoms with Crippen LogP contribution in [-0.2, 0) is 19.2 Å². The summed E-state index contributed by atoms with van der Waals surface area (Å²) in [5.41, 5.74) is 7.85. The Hall–Kier alpha value is -2.40. The molecule has 2 atom stereocenters. The zero-order valence-corrected chi connectivity index (χ0v) is 20.7. The molecule has 176 valence electrons. The Kier molecular flexibility index (Phi) is 8.17. The minimum Gasteiger partial charge on any atom is -0.477 e. The molecule has 0 spiro atoms. The highest BCUT2D eigenvalue weighted by molar-refractivity contribution is 8.01. The summed E-state index contributed by atoms with van der Waals surface area (Å²) in [5, 5.41) is 25.0. The van der Waals surface area contributed by atoms with Gasteiger partial charge in [-0.15, -0.1) is 45.7 Å². The summed E-state index contributed by atoms with van der Waals surface area (Å²) < 4.78 is 0.710. The summed E-state index contributed by atoms with van der Waals surface area (Å²) in [6.45, 7) is 0. The van der Waals surface area contributed by atoms with Crippen LogP contribution >= 0.6 is 58.6 Å². The summed E-state index contributed by atoms with van der Waals surface area (Å²) in [7, 11) is 1.28. The number of hydrogen-bond donors (Lipinski definition) is 3. The van der Waals surface area contributed by atoms with Crippen LogP contribution in [0.2, 0.25) is 0 Å². The van der Waals surface area contributed by atoms with E-state index >= 15 is 0 Å². The molecule has 1 unspecified atom stereocenters. The first-order valence-electron chi connectivity index (χ1n) is 8.83. The molecule has 0 aromatic carbocycles. The van der Waals surface area contributed by atoms with Crippen LogP contribution in [0.1, 0.15) is 5.69 Å². The first kappa shape index (κ1) is 25.2. The predicted molar refractivity (Wildman–Crippen MR) is 128 cm³/mol. The number of nitrogens with one attached hydrogen (secondary N) is 1. The summed E-state index contributed by atoms with van der Waals surface area (Å²) >= 11 is 5.22. The number of rotatable bonds is 8. The van der Waals surface area contributed by atoms with E-state index in [-0.39, 0.29) is 34.6 Å². The Morgan fingerprint density at radius 1 is 1.45 bits per heavy atom. The van der Waals surface area contributed by atoms with Crippen LogP contribution in [0.15, 0.2) is 31.7 Å². The van der Waals surface area contributed by atoms with Gasteiger partial charge in [-0.1, -0.05) is 28.3 Å². The number of hydrogen-bond acceptors (Lipinski definition) is 13. The number of carbonyl (C=O) groups is 3. The van der Waals surface area contributed by atoms with Gasteiger partial charge in [-0.3, -0.25) is 14.5 Å². The van der Waals surface area contributed by atoms with Crippen molar-refractivity contribution in [3.05, 3.63) is 27.9 Å². The van der Waals surface area contributed by atoms with Gasteiger partial charge in [0.25, 0.3) is 11.8 Å². The summed E-state index contributed by atoms with van der Waals surface area (Å²) in [6, 6.07) is -0.905. The monoisotopic (exact) mass is 549 g/mol. The average molecular weight is 550 g/mol. The highest BCUT2D eigenvalue weighted by atomic mass is 35.5. The third-order valence-corrected chi connectivity index (χ3v) is 8.37. The number of oxime groups is 1. The van der Waals surface area contributed by atoms with Crippen molar-refractivity contribution in [3.8, 4) is 0 Å². The third kappa shape index (κ3) is 5.08. The van der Waals surface area contributed by atoms with Crippen molar-refractivity contribution in [2.75, 3.05) is 24.3 Å². The number of β-lactam (4-membered cyclic amide) rings is 1. The van der Waals surface area contributed by atoms with Crippen molar-refractivity contribution in [2.45, 2.75) is 15.8 Å². The lowest BCUT2D eigenvalue weighted by Gasteiger charge is -2.49. The second kappa shape index (κ2) is 10.7. The number of thiazole rings is 1. The Bertz CT molecular complexity index is 1120. The van der Waals surface area contributed by atoms with Gasteiger partial charge in [0, 0.05) is 16.9 Å². The van der Waals surface area contributed by atoms with Crippen molar-refractivity contribution in [1.82, 2.24) is 25.4 Å². The largest absolute Gasteiger partial charge is 0.477 e. The lowest BCUT2D eigenvalue weighted by atomic mass is 10.0. The lowest BCUT2D eigenvalue weighted by Crippen LogP contribution is -2.71. The lowest BCUT2D eigenvalue weighted by molar-refractivity contribution is -0.150. The molecular weight excluding hydrogens is 534 g/mol. The number of carboxylic acids is 1. The van der Waals surface area contributed by atoms with Gasteiger partial charge in [0.1, 0.15) is 35.4 Å². The van der Waals surface area contributed by atoms with E-state index in [1.807, 2.05) is 0 Å². The van der Waals surface area contributed by atoms with Crippen LogP contribution < -0.4 is 11.1 Å². The molecule has 0 aliphatic carbocycles. The van der Waals surface area contributed by atoms with Gasteiger partial charge < -0.3 is 21.0 Å².